The summed E-state index contributed by atoms with van der Waals surface area (Å²) in [5.74, 6) is -0.862. The van der Waals surface area contributed by atoms with Crippen LogP contribution in [0.5, 0.6) is 0 Å². The number of carbonyl (C=O) groups is 3. The van der Waals surface area contributed by atoms with Crippen molar-refractivity contribution in [3.63, 3.8) is 0 Å². The van der Waals surface area contributed by atoms with Gasteiger partial charge in [-0.15, -0.1) is 0 Å². The van der Waals surface area contributed by atoms with E-state index in [0.29, 0.717) is 24.4 Å². The number of aryl methyl sites for hydroxylation is 1. The van der Waals surface area contributed by atoms with E-state index in [2.05, 4.69) is 5.32 Å². The maximum absolute atomic E-state index is 13.6. The lowest BCUT2D eigenvalue weighted by Gasteiger charge is -2.39. The van der Waals surface area contributed by atoms with Crippen molar-refractivity contribution < 1.29 is 18.8 Å². The van der Waals surface area contributed by atoms with Gasteiger partial charge in [-0.25, -0.2) is 4.39 Å². The number of halogens is 1. The van der Waals surface area contributed by atoms with Crippen LogP contribution in [0.1, 0.15) is 34.5 Å². The second-order valence-corrected chi connectivity index (χ2v) is 10.5. The highest BCUT2D eigenvalue weighted by molar-refractivity contribution is 7.99. The van der Waals surface area contributed by atoms with Gasteiger partial charge >= 0.3 is 0 Å². The first-order valence-corrected chi connectivity index (χ1v) is 13.3. The predicted octanol–water partition coefficient (Wildman–Crippen LogP) is 3.28. The van der Waals surface area contributed by atoms with Crippen molar-refractivity contribution in [1.29, 1.82) is 0 Å². The molecule has 0 spiro atoms. The SMILES string of the molecule is Cn1cccc1C(=O)N1CCC(SCc2ccc(F)cc2)CC1C(=O)NC(Cc1ccccc1)C(N)=O. The quantitative estimate of drug-likeness (QED) is 0.451. The number of rotatable bonds is 9. The average Bonchev–Trinajstić information content (AvgIpc) is 3.33. The summed E-state index contributed by atoms with van der Waals surface area (Å²) in [6.45, 7) is 0.406. The van der Waals surface area contributed by atoms with Gasteiger partial charge in [-0.3, -0.25) is 14.4 Å². The van der Waals surface area contributed by atoms with Gasteiger partial charge in [0.25, 0.3) is 5.91 Å². The average molecular weight is 523 g/mol. The Labute approximate surface area is 220 Å². The van der Waals surface area contributed by atoms with Gasteiger partial charge in [-0.2, -0.15) is 11.8 Å². The summed E-state index contributed by atoms with van der Waals surface area (Å²) >= 11 is 1.68. The number of primary amides is 1. The predicted molar refractivity (Wildman–Crippen MR) is 142 cm³/mol. The van der Waals surface area contributed by atoms with Crippen molar-refractivity contribution in [3.05, 3.63) is 95.6 Å². The topological polar surface area (TPSA) is 97.4 Å². The molecule has 2 aromatic carbocycles. The van der Waals surface area contributed by atoms with Crippen LogP contribution >= 0.6 is 11.8 Å². The summed E-state index contributed by atoms with van der Waals surface area (Å²) in [7, 11) is 1.79. The van der Waals surface area contributed by atoms with Crippen LogP contribution < -0.4 is 11.1 Å². The molecule has 9 heteroatoms. The van der Waals surface area contributed by atoms with Crippen LogP contribution in [0.15, 0.2) is 72.9 Å². The zero-order valence-electron chi connectivity index (χ0n) is 20.7. The van der Waals surface area contributed by atoms with Crippen LogP contribution in [-0.2, 0) is 28.8 Å². The van der Waals surface area contributed by atoms with E-state index in [9.17, 15) is 18.8 Å². The fourth-order valence-electron chi connectivity index (χ4n) is 4.54. The first-order chi connectivity index (χ1) is 17.8. The molecule has 3 N–H and O–H groups in total. The summed E-state index contributed by atoms with van der Waals surface area (Å²) in [6.07, 6.45) is 3.21. The maximum atomic E-state index is 13.6. The van der Waals surface area contributed by atoms with Crippen molar-refractivity contribution in [3.8, 4) is 0 Å². The molecule has 3 atom stereocenters. The van der Waals surface area contributed by atoms with Gasteiger partial charge in [-0.05, 0) is 48.2 Å². The molecule has 3 amide bonds. The fraction of sp³-hybridized carbons (Fsp3) is 0.321. The van der Waals surface area contributed by atoms with Gasteiger partial charge in [-0.1, -0.05) is 42.5 Å². The van der Waals surface area contributed by atoms with Crippen molar-refractivity contribution in [1.82, 2.24) is 14.8 Å². The van der Waals surface area contributed by atoms with Gasteiger partial charge < -0.3 is 20.5 Å². The van der Waals surface area contributed by atoms with E-state index >= 15 is 0 Å². The van der Waals surface area contributed by atoms with E-state index < -0.39 is 23.9 Å². The molecule has 0 bridgehead atoms. The Kier molecular flexibility index (Phi) is 8.66. The van der Waals surface area contributed by atoms with E-state index in [1.54, 1.807) is 58.7 Å². The third kappa shape index (κ3) is 6.80. The molecule has 1 aliphatic heterocycles. The van der Waals surface area contributed by atoms with Gasteiger partial charge in [0.15, 0.2) is 0 Å². The van der Waals surface area contributed by atoms with Gasteiger partial charge in [0.2, 0.25) is 11.8 Å². The van der Waals surface area contributed by atoms with Crippen LogP contribution in [0, 0.1) is 5.82 Å². The molecule has 1 aromatic heterocycles. The summed E-state index contributed by atoms with van der Waals surface area (Å²) in [4.78, 5) is 40.8. The highest BCUT2D eigenvalue weighted by Crippen LogP contribution is 2.31. The number of nitrogens with two attached hydrogens (primary N) is 1. The lowest BCUT2D eigenvalue weighted by Crippen LogP contribution is -2.58. The van der Waals surface area contributed by atoms with E-state index in [-0.39, 0.29) is 23.4 Å². The zero-order valence-corrected chi connectivity index (χ0v) is 21.5. The van der Waals surface area contributed by atoms with Gasteiger partial charge in [0, 0.05) is 37.2 Å². The Bertz CT molecular complexity index is 1230. The third-order valence-electron chi connectivity index (χ3n) is 6.62. The second-order valence-electron chi connectivity index (χ2n) is 9.26. The number of hydrogen-bond donors (Lipinski definition) is 2. The van der Waals surface area contributed by atoms with Crippen LogP contribution in [0.3, 0.4) is 0 Å². The summed E-state index contributed by atoms with van der Waals surface area (Å²) in [5.41, 5.74) is 7.99. The molecule has 0 saturated carbocycles. The molecule has 1 fully saturated rings. The molecule has 194 valence electrons. The molecule has 4 rings (SSSR count). The Balaban J connectivity index is 1.50. The molecule has 3 aromatic rings. The van der Waals surface area contributed by atoms with Crippen LogP contribution in [0.4, 0.5) is 4.39 Å². The molecule has 0 radical (unpaired) electrons. The minimum Gasteiger partial charge on any atom is -0.368 e. The second kappa shape index (κ2) is 12.1. The standard InChI is InChI=1S/C28H31FN4O3S/c1-32-14-5-8-24(32)28(36)33-15-13-22(37-18-20-9-11-21(29)12-10-20)17-25(33)27(35)31-23(26(30)34)16-19-6-3-2-4-7-19/h2-12,14,22-23,25H,13,15-18H2,1H3,(H2,30,34)(H,31,35). The maximum Gasteiger partial charge on any atom is 0.271 e. The number of nitrogens with one attached hydrogen (secondary N) is 1. The number of carbonyl (C=O) groups excluding carboxylic acids is 3. The number of amides is 3. The van der Waals surface area contributed by atoms with E-state index in [1.165, 1.54) is 12.1 Å². The van der Waals surface area contributed by atoms with Crippen molar-refractivity contribution in [2.45, 2.75) is 42.3 Å². The number of aromatic nitrogens is 1. The molecule has 37 heavy (non-hydrogen) atoms. The summed E-state index contributed by atoms with van der Waals surface area (Å²) in [6, 6.07) is 17.6. The highest BCUT2D eigenvalue weighted by atomic mass is 32.2. The zero-order chi connectivity index (χ0) is 26.4. The molecule has 1 aliphatic rings. The number of hydrogen-bond acceptors (Lipinski definition) is 4. The Morgan fingerprint density at radius 2 is 1.78 bits per heavy atom. The number of piperidine rings is 1. The molecule has 0 aliphatic carbocycles. The van der Waals surface area contributed by atoms with Gasteiger partial charge in [0.1, 0.15) is 23.6 Å². The molecule has 2 heterocycles. The van der Waals surface area contributed by atoms with Gasteiger partial charge in [0.05, 0.1) is 0 Å². The number of thioether (sulfide) groups is 1. The lowest BCUT2D eigenvalue weighted by atomic mass is 9.99. The number of nitrogens with zero attached hydrogens (tertiary/aromatic N) is 2. The molecule has 7 nitrogen and oxygen atoms in total. The van der Waals surface area contributed by atoms with Crippen molar-refractivity contribution >= 4 is 29.5 Å². The number of benzene rings is 2. The van der Waals surface area contributed by atoms with E-state index in [1.807, 2.05) is 30.3 Å². The lowest BCUT2D eigenvalue weighted by molar-refractivity contribution is -0.131. The minimum atomic E-state index is -0.894. The smallest absolute Gasteiger partial charge is 0.271 e. The third-order valence-corrected chi connectivity index (χ3v) is 8.02. The normalized spacial score (nSPS) is 18.3. The van der Waals surface area contributed by atoms with Crippen LogP contribution in [0.25, 0.3) is 0 Å². The van der Waals surface area contributed by atoms with Crippen LogP contribution in [-0.4, -0.2) is 51.1 Å². The molecular formula is C28H31FN4O3S. The van der Waals surface area contributed by atoms with E-state index in [0.717, 1.165) is 17.5 Å². The van der Waals surface area contributed by atoms with E-state index in [4.69, 9.17) is 5.73 Å². The number of likely N-dealkylation sites (tertiary alicyclic amines) is 1. The summed E-state index contributed by atoms with van der Waals surface area (Å²) in [5, 5.41) is 2.93. The summed E-state index contributed by atoms with van der Waals surface area (Å²) < 4.78 is 15.0. The van der Waals surface area contributed by atoms with Crippen LogP contribution in [0.2, 0.25) is 0 Å². The Morgan fingerprint density at radius 1 is 1.05 bits per heavy atom. The molecule has 1 saturated heterocycles. The first-order valence-electron chi connectivity index (χ1n) is 12.2. The largest absolute Gasteiger partial charge is 0.368 e. The Morgan fingerprint density at radius 3 is 2.43 bits per heavy atom. The monoisotopic (exact) mass is 522 g/mol. The van der Waals surface area contributed by atoms with Crippen molar-refractivity contribution in [2.75, 3.05) is 6.54 Å². The minimum absolute atomic E-state index is 0.111. The Hall–Kier alpha value is -3.59. The first kappa shape index (κ1) is 26.5. The fourth-order valence-corrected chi connectivity index (χ4v) is 5.75. The molecular weight excluding hydrogens is 491 g/mol. The van der Waals surface area contributed by atoms with Crippen molar-refractivity contribution in [2.24, 2.45) is 12.8 Å². The molecule has 3 unspecified atom stereocenters. The highest BCUT2D eigenvalue weighted by Gasteiger charge is 2.38.